The normalized spacial score (nSPS) is 15.3. The molecule has 1 N–H and O–H groups in total. The molecule has 1 aliphatic carbocycles. The zero-order valence-corrected chi connectivity index (χ0v) is 18.2. The van der Waals surface area contributed by atoms with E-state index in [2.05, 4.69) is 10.4 Å². The van der Waals surface area contributed by atoms with Gasteiger partial charge >= 0.3 is 0 Å². The summed E-state index contributed by atoms with van der Waals surface area (Å²) in [5, 5.41) is 12.8. The fourth-order valence-corrected chi connectivity index (χ4v) is 4.46. The minimum atomic E-state index is -0.719. The van der Waals surface area contributed by atoms with E-state index < -0.39 is 6.04 Å². The van der Waals surface area contributed by atoms with Crippen molar-refractivity contribution in [1.29, 1.82) is 0 Å². The molecule has 32 heavy (non-hydrogen) atoms. The molecule has 1 amide bonds. The van der Waals surface area contributed by atoms with E-state index in [0.717, 1.165) is 31.4 Å². The number of para-hydroxylation sites is 1. The number of hydrogen-bond acceptors (Lipinski definition) is 4. The predicted molar refractivity (Wildman–Crippen MR) is 122 cm³/mol. The standard InChI is InChI=1S/C24H26N6O2/c1-16-21-20(24(32)29(26-16)17(2)22(31)25-18-10-6-7-11-18)23(28-14-8-9-15-28)30(27-21)19-12-4-3-5-13-19/h3-5,8-9,12-15,17-18H,6-7,10-11H2,1-2H3,(H,25,31). The summed E-state index contributed by atoms with van der Waals surface area (Å²) in [7, 11) is 0. The van der Waals surface area contributed by atoms with Crippen molar-refractivity contribution in [2.75, 3.05) is 0 Å². The van der Waals surface area contributed by atoms with E-state index in [9.17, 15) is 9.59 Å². The van der Waals surface area contributed by atoms with Crippen LogP contribution in [0.4, 0.5) is 0 Å². The SMILES string of the molecule is Cc1nn(C(C)C(=O)NC2CCCC2)c(=O)c2c(-n3cccc3)n(-c3ccccc3)nc12. The van der Waals surface area contributed by atoms with Gasteiger partial charge in [-0.1, -0.05) is 31.0 Å². The van der Waals surface area contributed by atoms with Crippen LogP contribution in [-0.2, 0) is 4.79 Å². The molecule has 3 aromatic heterocycles. The Kier molecular flexibility index (Phi) is 5.13. The van der Waals surface area contributed by atoms with E-state index in [1.54, 1.807) is 11.6 Å². The van der Waals surface area contributed by atoms with Crippen LogP contribution >= 0.6 is 0 Å². The van der Waals surface area contributed by atoms with Crippen LogP contribution in [0.2, 0.25) is 0 Å². The molecule has 1 aromatic carbocycles. The number of benzene rings is 1. The van der Waals surface area contributed by atoms with Crippen molar-refractivity contribution in [2.24, 2.45) is 0 Å². The van der Waals surface area contributed by atoms with Gasteiger partial charge in [-0.25, -0.2) is 9.36 Å². The van der Waals surface area contributed by atoms with Gasteiger partial charge in [0, 0.05) is 18.4 Å². The largest absolute Gasteiger partial charge is 0.352 e. The van der Waals surface area contributed by atoms with Crippen LogP contribution in [0.15, 0.2) is 59.7 Å². The van der Waals surface area contributed by atoms with Gasteiger partial charge < -0.3 is 9.88 Å². The van der Waals surface area contributed by atoms with Gasteiger partial charge in [-0.05, 0) is 51.0 Å². The Morgan fingerprint density at radius 2 is 1.75 bits per heavy atom. The molecule has 8 heteroatoms. The third-order valence-corrected chi connectivity index (χ3v) is 6.18. The summed E-state index contributed by atoms with van der Waals surface area (Å²) in [4.78, 5) is 26.6. The highest BCUT2D eigenvalue weighted by Gasteiger charge is 2.27. The van der Waals surface area contributed by atoms with Crippen LogP contribution in [0.1, 0.15) is 44.3 Å². The predicted octanol–water partition coefficient (Wildman–Crippen LogP) is 3.30. The van der Waals surface area contributed by atoms with Crippen molar-refractivity contribution in [3.05, 3.63) is 70.9 Å². The molecule has 1 unspecified atom stereocenters. The molecule has 1 saturated carbocycles. The Labute approximate surface area is 185 Å². The highest BCUT2D eigenvalue weighted by molar-refractivity contribution is 5.88. The lowest BCUT2D eigenvalue weighted by molar-refractivity contribution is -0.124. The molecule has 4 aromatic rings. The van der Waals surface area contributed by atoms with E-state index >= 15 is 0 Å². The van der Waals surface area contributed by atoms with Gasteiger partial charge in [-0.15, -0.1) is 0 Å². The van der Waals surface area contributed by atoms with Crippen LogP contribution in [-0.4, -0.2) is 36.1 Å². The number of carbonyl (C=O) groups excluding carboxylic acids is 1. The van der Waals surface area contributed by atoms with E-state index in [0.29, 0.717) is 22.4 Å². The number of nitrogens with zero attached hydrogens (tertiary/aromatic N) is 5. The summed E-state index contributed by atoms with van der Waals surface area (Å²) in [6, 6.07) is 12.9. The molecule has 1 atom stereocenters. The average molecular weight is 431 g/mol. The van der Waals surface area contributed by atoms with Crippen LogP contribution in [0.25, 0.3) is 22.4 Å². The van der Waals surface area contributed by atoms with Crippen LogP contribution in [0, 0.1) is 6.92 Å². The lowest BCUT2D eigenvalue weighted by Crippen LogP contribution is -2.41. The maximum atomic E-state index is 13.7. The monoisotopic (exact) mass is 430 g/mol. The third-order valence-electron chi connectivity index (χ3n) is 6.18. The second-order valence-electron chi connectivity index (χ2n) is 8.39. The fraction of sp³-hybridized carbons (Fsp3) is 0.333. The minimum Gasteiger partial charge on any atom is -0.352 e. The summed E-state index contributed by atoms with van der Waals surface area (Å²) < 4.78 is 4.93. The molecule has 0 spiro atoms. The van der Waals surface area contributed by atoms with Gasteiger partial charge in [-0.2, -0.15) is 10.2 Å². The zero-order valence-electron chi connectivity index (χ0n) is 18.2. The summed E-state index contributed by atoms with van der Waals surface area (Å²) in [6.07, 6.45) is 7.99. The molecule has 3 heterocycles. The van der Waals surface area contributed by atoms with E-state index in [-0.39, 0.29) is 17.5 Å². The van der Waals surface area contributed by atoms with Crippen molar-refractivity contribution in [3.63, 3.8) is 0 Å². The molecule has 164 valence electrons. The smallest absolute Gasteiger partial charge is 0.280 e. The lowest BCUT2D eigenvalue weighted by Gasteiger charge is -2.18. The number of hydrogen-bond donors (Lipinski definition) is 1. The molecule has 0 bridgehead atoms. The molecule has 5 rings (SSSR count). The van der Waals surface area contributed by atoms with E-state index in [1.165, 1.54) is 4.68 Å². The number of rotatable bonds is 5. The first-order chi connectivity index (χ1) is 15.5. The highest BCUT2D eigenvalue weighted by Crippen LogP contribution is 2.25. The molecular formula is C24H26N6O2. The fourth-order valence-electron chi connectivity index (χ4n) is 4.46. The van der Waals surface area contributed by atoms with Gasteiger partial charge in [0.1, 0.15) is 16.9 Å². The quantitative estimate of drug-likeness (QED) is 0.526. The van der Waals surface area contributed by atoms with Gasteiger partial charge in [0.05, 0.1) is 11.4 Å². The number of amides is 1. The first kappa shape index (κ1) is 20.2. The summed E-state index contributed by atoms with van der Waals surface area (Å²) in [6.45, 7) is 3.54. The Morgan fingerprint density at radius 1 is 1.06 bits per heavy atom. The molecule has 1 aliphatic rings. The van der Waals surface area contributed by atoms with Crippen LogP contribution in [0.3, 0.4) is 0 Å². The average Bonchev–Trinajstić information content (AvgIpc) is 3.56. The molecule has 0 aliphatic heterocycles. The minimum absolute atomic E-state index is 0.178. The van der Waals surface area contributed by atoms with Crippen molar-refractivity contribution >= 4 is 16.8 Å². The molecule has 8 nitrogen and oxygen atoms in total. The third kappa shape index (κ3) is 3.41. The van der Waals surface area contributed by atoms with Crippen molar-refractivity contribution in [2.45, 2.75) is 51.6 Å². The highest BCUT2D eigenvalue weighted by atomic mass is 16.2. The summed E-state index contributed by atoms with van der Waals surface area (Å²) in [5.41, 5.74) is 1.64. The maximum Gasteiger partial charge on any atom is 0.280 e. The van der Waals surface area contributed by atoms with Crippen molar-refractivity contribution < 1.29 is 4.79 Å². The maximum absolute atomic E-state index is 13.7. The first-order valence-electron chi connectivity index (χ1n) is 11.1. The number of carbonyl (C=O) groups is 1. The lowest BCUT2D eigenvalue weighted by atomic mass is 10.2. The van der Waals surface area contributed by atoms with Gasteiger partial charge in [0.25, 0.3) is 5.56 Å². The number of fused-ring (bicyclic) bond motifs is 1. The topological polar surface area (TPSA) is 86.7 Å². The van der Waals surface area contributed by atoms with Crippen LogP contribution < -0.4 is 10.9 Å². The Bertz CT molecular complexity index is 1310. The molecule has 0 saturated heterocycles. The first-order valence-corrected chi connectivity index (χ1v) is 11.1. The Balaban J connectivity index is 1.68. The molecular weight excluding hydrogens is 404 g/mol. The molecule has 1 fully saturated rings. The van der Waals surface area contributed by atoms with Crippen molar-refractivity contribution in [1.82, 2.24) is 29.4 Å². The van der Waals surface area contributed by atoms with E-state index in [4.69, 9.17) is 5.10 Å². The number of aromatic nitrogens is 5. The van der Waals surface area contributed by atoms with Crippen LogP contribution in [0.5, 0.6) is 0 Å². The second kappa shape index (κ2) is 8.11. The zero-order chi connectivity index (χ0) is 22.2. The Hall–Kier alpha value is -3.68. The number of aryl methyl sites for hydroxylation is 1. The van der Waals surface area contributed by atoms with Crippen molar-refractivity contribution in [3.8, 4) is 11.5 Å². The van der Waals surface area contributed by atoms with Gasteiger partial charge in [0.15, 0.2) is 5.82 Å². The summed E-state index contributed by atoms with van der Waals surface area (Å²) in [5.74, 6) is 0.451. The Morgan fingerprint density at radius 3 is 2.44 bits per heavy atom. The van der Waals surface area contributed by atoms with E-state index in [1.807, 2.05) is 66.3 Å². The molecule has 0 radical (unpaired) electrons. The van der Waals surface area contributed by atoms with Gasteiger partial charge in [0.2, 0.25) is 5.91 Å². The van der Waals surface area contributed by atoms with Gasteiger partial charge in [-0.3, -0.25) is 9.59 Å². The number of nitrogens with one attached hydrogen (secondary N) is 1. The second-order valence-corrected chi connectivity index (χ2v) is 8.39. The summed E-state index contributed by atoms with van der Waals surface area (Å²) >= 11 is 0.